The van der Waals surface area contributed by atoms with Crippen molar-refractivity contribution in [3.05, 3.63) is 100 Å². The van der Waals surface area contributed by atoms with Crippen molar-refractivity contribution in [1.82, 2.24) is 8.87 Å². The van der Waals surface area contributed by atoms with Crippen LogP contribution >= 0.6 is 0 Å². The third-order valence-electron chi connectivity index (χ3n) is 7.49. The molecule has 0 aliphatic carbocycles. The Morgan fingerprint density at radius 1 is 0.886 bits per heavy atom. The van der Waals surface area contributed by atoms with Crippen molar-refractivity contribution in [3.8, 4) is 0 Å². The fourth-order valence-corrected chi connectivity index (χ4v) is 6.96. The highest BCUT2D eigenvalue weighted by Gasteiger charge is 2.32. The summed E-state index contributed by atoms with van der Waals surface area (Å²) in [5, 5.41) is 1.21. The summed E-state index contributed by atoms with van der Waals surface area (Å²) in [6, 6.07) is 20.5. The van der Waals surface area contributed by atoms with Gasteiger partial charge in [0.15, 0.2) is 0 Å². The second-order valence-corrected chi connectivity index (χ2v) is 11.6. The van der Waals surface area contributed by atoms with Crippen LogP contribution in [-0.2, 0) is 16.6 Å². The number of halogens is 1. The number of para-hydroxylation sites is 1. The zero-order chi connectivity index (χ0) is 24.7. The fraction of sp³-hybridized carbons (Fsp3) is 0.310. The molecule has 1 aliphatic rings. The number of aryl methyl sites for hydroxylation is 2. The van der Waals surface area contributed by atoms with Gasteiger partial charge in [0.25, 0.3) is 0 Å². The van der Waals surface area contributed by atoms with E-state index in [-0.39, 0.29) is 11.7 Å². The maximum atomic E-state index is 13.8. The van der Waals surface area contributed by atoms with Gasteiger partial charge in [0.05, 0.1) is 4.90 Å². The van der Waals surface area contributed by atoms with Gasteiger partial charge in [0.1, 0.15) is 5.82 Å². The first-order chi connectivity index (χ1) is 16.8. The predicted octanol–water partition coefficient (Wildman–Crippen LogP) is 6.32. The van der Waals surface area contributed by atoms with E-state index in [1.54, 1.807) is 28.6 Å². The average molecular weight is 491 g/mol. The lowest BCUT2D eigenvalue weighted by molar-refractivity contribution is 0.319. The summed E-state index contributed by atoms with van der Waals surface area (Å²) < 4.78 is 44.3. The van der Waals surface area contributed by atoms with Gasteiger partial charge in [-0.1, -0.05) is 36.4 Å². The van der Waals surface area contributed by atoms with Crippen molar-refractivity contribution >= 4 is 20.9 Å². The molecule has 1 aliphatic heterocycles. The molecule has 5 rings (SSSR count). The topological polar surface area (TPSA) is 42.3 Å². The van der Waals surface area contributed by atoms with E-state index in [0.29, 0.717) is 24.5 Å². The van der Waals surface area contributed by atoms with Crippen LogP contribution in [0.3, 0.4) is 0 Å². The Kier molecular flexibility index (Phi) is 6.28. The molecule has 0 bridgehead atoms. The lowest BCUT2D eigenvalue weighted by Crippen LogP contribution is -2.38. The largest absolute Gasteiger partial charge is 0.340 e. The molecule has 182 valence electrons. The van der Waals surface area contributed by atoms with Crippen LogP contribution in [0.5, 0.6) is 0 Å². The molecule has 1 saturated heterocycles. The van der Waals surface area contributed by atoms with E-state index in [9.17, 15) is 12.8 Å². The highest BCUT2D eigenvalue weighted by Crippen LogP contribution is 2.38. The summed E-state index contributed by atoms with van der Waals surface area (Å²) in [6.45, 7) is 7.68. The molecule has 1 fully saturated rings. The molecule has 2 heterocycles. The maximum absolute atomic E-state index is 13.8. The average Bonchev–Trinajstić information content (AvgIpc) is 3.12. The molecule has 0 atom stereocenters. The van der Waals surface area contributed by atoms with Gasteiger partial charge in [-0.2, -0.15) is 4.31 Å². The van der Waals surface area contributed by atoms with Crippen LogP contribution in [0, 0.1) is 26.6 Å². The van der Waals surface area contributed by atoms with Crippen LogP contribution in [-0.4, -0.2) is 30.4 Å². The molecule has 0 radical (unpaired) electrons. The molecule has 4 nitrogen and oxygen atoms in total. The SMILES string of the molecule is Cc1ccc(S(=O)(=O)N2CCC(c3c(C)n(Cc4cccc(F)c4)c4ccccc34)CC2)cc1C. The molecule has 0 N–H and O–H groups in total. The molecule has 3 aromatic carbocycles. The Morgan fingerprint density at radius 2 is 1.63 bits per heavy atom. The van der Waals surface area contributed by atoms with Gasteiger partial charge >= 0.3 is 0 Å². The van der Waals surface area contributed by atoms with Gasteiger partial charge in [-0.3, -0.25) is 0 Å². The van der Waals surface area contributed by atoms with Crippen molar-refractivity contribution in [2.45, 2.75) is 51.0 Å². The second kappa shape index (κ2) is 9.25. The number of sulfonamides is 1. The van der Waals surface area contributed by atoms with Gasteiger partial charge in [0.2, 0.25) is 10.0 Å². The number of benzene rings is 3. The maximum Gasteiger partial charge on any atom is 0.243 e. The van der Waals surface area contributed by atoms with Crippen LogP contribution in [0.4, 0.5) is 4.39 Å². The van der Waals surface area contributed by atoms with Gasteiger partial charge in [-0.25, -0.2) is 12.8 Å². The van der Waals surface area contributed by atoms with Gasteiger partial charge in [-0.15, -0.1) is 0 Å². The third-order valence-corrected chi connectivity index (χ3v) is 9.38. The zero-order valence-electron chi connectivity index (χ0n) is 20.5. The first kappa shape index (κ1) is 23.8. The highest BCUT2D eigenvalue weighted by atomic mass is 32.2. The Balaban J connectivity index is 1.42. The summed E-state index contributed by atoms with van der Waals surface area (Å²) in [4.78, 5) is 0.377. The van der Waals surface area contributed by atoms with Crippen LogP contribution in [0.15, 0.2) is 71.6 Å². The van der Waals surface area contributed by atoms with E-state index in [1.165, 1.54) is 22.7 Å². The van der Waals surface area contributed by atoms with Crippen molar-refractivity contribution in [1.29, 1.82) is 0 Å². The molecule has 0 spiro atoms. The molecule has 6 heteroatoms. The first-order valence-electron chi connectivity index (χ1n) is 12.2. The lowest BCUT2D eigenvalue weighted by atomic mass is 9.88. The second-order valence-electron chi connectivity index (χ2n) is 9.66. The number of hydrogen-bond donors (Lipinski definition) is 0. The van der Waals surface area contributed by atoms with E-state index >= 15 is 0 Å². The molecule has 0 saturated carbocycles. The molecule has 4 aromatic rings. The molecule has 0 amide bonds. The Labute approximate surface area is 207 Å². The summed E-state index contributed by atoms with van der Waals surface area (Å²) in [5.74, 6) is 0.0500. The first-order valence-corrected chi connectivity index (χ1v) is 13.6. The number of fused-ring (bicyclic) bond motifs is 1. The third kappa shape index (κ3) is 4.41. The summed E-state index contributed by atoms with van der Waals surface area (Å²) in [6.07, 6.45) is 1.55. The fourth-order valence-electron chi connectivity index (χ4n) is 5.40. The van der Waals surface area contributed by atoms with Gasteiger partial charge < -0.3 is 4.57 Å². The molecule has 0 unspecified atom stereocenters. The van der Waals surface area contributed by atoms with E-state index in [0.717, 1.165) is 35.0 Å². The smallest absolute Gasteiger partial charge is 0.243 e. The van der Waals surface area contributed by atoms with E-state index < -0.39 is 10.0 Å². The monoisotopic (exact) mass is 490 g/mol. The van der Waals surface area contributed by atoms with Crippen LogP contribution in [0.25, 0.3) is 10.9 Å². The predicted molar refractivity (Wildman–Crippen MR) is 139 cm³/mol. The van der Waals surface area contributed by atoms with Crippen molar-refractivity contribution in [2.75, 3.05) is 13.1 Å². The quantitative estimate of drug-likeness (QED) is 0.328. The summed E-state index contributed by atoms with van der Waals surface area (Å²) in [5.41, 5.74) is 6.60. The normalized spacial score (nSPS) is 15.7. The van der Waals surface area contributed by atoms with Crippen LogP contribution in [0.1, 0.15) is 46.7 Å². The Morgan fingerprint density at radius 3 is 2.34 bits per heavy atom. The van der Waals surface area contributed by atoms with Crippen molar-refractivity contribution < 1.29 is 12.8 Å². The summed E-state index contributed by atoms with van der Waals surface area (Å²) >= 11 is 0. The molecule has 35 heavy (non-hydrogen) atoms. The van der Waals surface area contributed by atoms with Crippen LogP contribution in [0.2, 0.25) is 0 Å². The molecular formula is C29H31FN2O2S. The number of nitrogens with zero attached hydrogens (tertiary/aromatic N) is 2. The number of aromatic nitrogens is 1. The van der Waals surface area contributed by atoms with E-state index in [2.05, 4.69) is 29.7 Å². The lowest BCUT2D eigenvalue weighted by Gasteiger charge is -2.32. The molecular weight excluding hydrogens is 459 g/mol. The minimum Gasteiger partial charge on any atom is -0.340 e. The number of hydrogen-bond acceptors (Lipinski definition) is 2. The highest BCUT2D eigenvalue weighted by molar-refractivity contribution is 7.89. The number of rotatable bonds is 5. The van der Waals surface area contributed by atoms with E-state index in [1.807, 2.05) is 32.0 Å². The summed E-state index contributed by atoms with van der Waals surface area (Å²) in [7, 11) is -3.51. The Hall–Kier alpha value is -2.96. The minimum absolute atomic E-state index is 0.228. The van der Waals surface area contributed by atoms with Gasteiger partial charge in [0, 0.05) is 36.2 Å². The number of piperidine rings is 1. The van der Waals surface area contributed by atoms with Gasteiger partial charge in [-0.05, 0) is 92.1 Å². The zero-order valence-corrected chi connectivity index (χ0v) is 21.3. The van der Waals surface area contributed by atoms with Crippen LogP contribution < -0.4 is 0 Å². The standard InChI is InChI=1S/C29H31FN2O2S/c1-20-11-12-26(17-21(20)2)35(33,34)31-15-13-24(14-16-31)29-22(3)32(28-10-5-4-9-27(28)29)19-23-7-6-8-25(30)18-23/h4-12,17-18,24H,13-16,19H2,1-3H3. The van der Waals surface area contributed by atoms with E-state index in [4.69, 9.17) is 0 Å². The van der Waals surface area contributed by atoms with Crippen molar-refractivity contribution in [3.63, 3.8) is 0 Å². The Bertz CT molecular complexity index is 1500. The van der Waals surface area contributed by atoms with Crippen molar-refractivity contribution in [2.24, 2.45) is 0 Å². The minimum atomic E-state index is -3.51. The molecule has 1 aromatic heterocycles.